The van der Waals surface area contributed by atoms with Crippen LogP contribution >= 0.6 is 0 Å². The van der Waals surface area contributed by atoms with Crippen LogP contribution in [-0.4, -0.2) is 41.3 Å². The predicted octanol–water partition coefficient (Wildman–Crippen LogP) is 2.69. The Hall–Kier alpha value is -1.68. The summed E-state index contributed by atoms with van der Waals surface area (Å²) in [6.07, 6.45) is 0. The van der Waals surface area contributed by atoms with Gasteiger partial charge in [0.1, 0.15) is 0 Å². The van der Waals surface area contributed by atoms with Gasteiger partial charge in [-0.05, 0) is 20.0 Å². The third kappa shape index (κ3) is 3.20. The molecule has 0 bridgehead atoms. The van der Waals surface area contributed by atoms with E-state index < -0.39 is 0 Å². The molecule has 0 amide bonds. The molecular formula is C15H22N4. The molecule has 19 heavy (non-hydrogen) atoms. The molecule has 1 aromatic carbocycles. The van der Waals surface area contributed by atoms with Crippen LogP contribution in [0.1, 0.15) is 19.5 Å². The number of anilines is 1. The second-order valence-corrected chi connectivity index (χ2v) is 4.63. The van der Waals surface area contributed by atoms with Gasteiger partial charge in [0.2, 0.25) is 0 Å². The molecule has 2 aromatic rings. The van der Waals surface area contributed by atoms with Crippen molar-refractivity contribution in [1.82, 2.24) is 15.1 Å². The average molecular weight is 258 g/mol. The molecule has 0 aliphatic carbocycles. The highest BCUT2D eigenvalue weighted by Gasteiger charge is 2.06. The zero-order valence-corrected chi connectivity index (χ0v) is 12.0. The number of rotatable bonds is 6. The smallest absolute Gasteiger partial charge is 0.156 e. The van der Waals surface area contributed by atoms with Crippen LogP contribution in [-0.2, 0) is 0 Å². The number of hydrogen-bond acceptors (Lipinski definition) is 4. The van der Waals surface area contributed by atoms with Crippen molar-refractivity contribution >= 4 is 16.6 Å². The maximum absolute atomic E-state index is 4.28. The van der Waals surface area contributed by atoms with Gasteiger partial charge in [-0.25, -0.2) is 0 Å². The number of nitrogens with one attached hydrogen (secondary N) is 1. The van der Waals surface area contributed by atoms with Crippen LogP contribution in [0.3, 0.4) is 0 Å². The molecule has 2 rings (SSSR count). The lowest BCUT2D eigenvalue weighted by molar-refractivity contribution is 0.316. The van der Waals surface area contributed by atoms with Gasteiger partial charge in [0.15, 0.2) is 5.82 Å². The van der Waals surface area contributed by atoms with Gasteiger partial charge in [-0.3, -0.25) is 0 Å². The lowest BCUT2D eigenvalue weighted by atomic mass is 10.1. The Morgan fingerprint density at radius 1 is 1.05 bits per heavy atom. The standard InChI is InChI=1S/C15H22N4/c1-4-19(5-2)11-10-16-15-14-9-7-6-8-13(14)12(3)17-18-15/h6-9H,4-5,10-11H2,1-3H3,(H,16,18). The van der Waals surface area contributed by atoms with E-state index in [1.54, 1.807) is 0 Å². The van der Waals surface area contributed by atoms with Gasteiger partial charge in [0, 0.05) is 23.9 Å². The molecule has 1 heterocycles. The highest BCUT2D eigenvalue weighted by Crippen LogP contribution is 2.21. The predicted molar refractivity (Wildman–Crippen MR) is 80.6 cm³/mol. The Morgan fingerprint density at radius 2 is 1.74 bits per heavy atom. The molecule has 1 N–H and O–H groups in total. The minimum Gasteiger partial charge on any atom is -0.367 e. The van der Waals surface area contributed by atoms with E-state index in [-0.39, 0.29) is 0 Å². The summed E-state index contributed by atoms with van der Waals surface area (Å²) in [7, 11) is 0. The van der Waals surface area contributed by atoms with Crippen molar-refractivity contribution in [2.75, 3.05) is 31.5 Å². The molecule has 0 fully saturated rings. The van der Waals surface area contributed by atoms with E-state index in [4.69, 9.17) is 0 Å². The van der Waals surface area contributed by atoms with Crippen molar-refractivity contribution in [1.29, 1.82) is 0 Å². The Morgan fingerprint density at radius 3 is 2.42 bits per heavy atom. The van der Waals surface area contributed by atoms with Crippen molar-refractivity contribution < 1.29 is 0 Å². The second-order valence-electron chi connectivity index (χ2n) is 4.63. The molecule has 102 valence electrons. The maximum Gasteiger partial charge on any atom is 0.156 e. The van der Waals surface area contributed by atoms with E-state index in [2.05, 4.69) is 46.4 Å². The summed E-state index contributed by atoms with van der Waals surface area (Å²) >= 11 is 0. The van der Waals surface area contributed by atoms with E-state index in [0.717, 1.165) is 43.1 Å². The van der Waals surface area contributed by atoms with E-state index in [0.29, 0.717) is 0 Å². The molecular weight excluding hydrogens is 236 g/mol. The Kier molecular flexibility index (Phi) is 4.68. The van der Waals surface area contributed by atoms with Gasteiger partial charge < -0.3 is 10.2 Å². The Labute approximate surface area is 114 Å². The van der Waals surface area contributed by atoms with E-state index in [1.807, 2.05) is 19.1 Å². The molecule has 0 aliphatic heterocycles. The van der Waals surface area contributed by atoms with Crippen molar-refractivity contribution in [3.63, 3.8) is 0 Å². The summed E-state index contributed by atoms with van der Waals surface area (Å²) < 4.78 is 0. The summed E-state index contributed by atoms with van der Waals surface area (Å²) in [6, 6.07) is 8.27. The number of benzene rings is 1. The number of aryl methyl sites for hydroxylation is 1. The summed E-state index contributed by atoms with van der Waals surface area (Å²) in [5.74, 6) is 0.883. The maximum atomic E-state index is 4.28. The van der Waals surface area contributed by atoms with Crippen LogP contribution in [0, 0.1) is 6.92 Å². The highest BCUT2D eigenvalue weighted by atomic mass is 15.2. The lowest BCUT2D eigenvalue weighted by Crippen LogP contribution is -2.28. The Balaban J connectivity index is 2.11. The van der Waals surface area contributed by atoms with E-state index in [1.165, 1.54) is 5.39 Å². The highest BCUT2D eigenvalue weighted by molar-refractivity contribution is 5.92. The minimum absolute atomic E-state index is 0.883. The topological polar surface area (TPSA) is 41.0 Å². The molecule has 0 saturated heterocycles. The molecule has 0 aliphatic rings. The average Bonchev–Trinajstić information content (AvgIpc) is 2.46. The third-order valence-corrected chi connectivity index (χ3v) is 3.49. The largest absolute Gasteiger partial charge is 0.367 e. The SMILES string of the molecule is CCN(CC)CCNc1nnc(C)c2ccccc12. The number of nitrogens with zero attached hydrogens (tertiary/aromatic N) is 3. The van der Waals surface area contributed by atoms with Crippen molar-refractivity contribution in [3.05, 3.63) is 30.0 Å². The van der Waals surface area contributed by atoms with Crippen LogP contribution in [0.4, 0.5) is 5.82 Å². The molecule has 4 heteroatoms. The Bertz CT molecular complexity index is 535. The van der Waals surface area contributed by atoms with Crippen LogP contribution in [0.15, 0.2) is 24.3 Å². The number of likely N-dealkylation sites (N-methyl/N-ethyl adjacent to an activating group) is 1. The van der Waals surface area contributed by atoms with Crippen molar-refractivity contribution in [3.8, 4) is 0 Å². The quantitative estimate of drug-likeness (QED) is 0.865. The van der Waals surface area contributed by atoms with Crippen molar-refractivity contribution in [2.24, 2.45) is 0 Å². The van der Waals surface area contributed by atoms with E-state index >= 15 is 0 Å². The van der Waals surface area contributed by atoms with Gasteiger partial charge in [-0.1, -0.05) is 38.1 Å². The van der Waals surface area contributed by atoms with E-state index in [9.17, 15) is 0 Å². The lowest BCUT2D eigenvalue weighted by Gasteiger charge is -2.18. The fourth-order valence-electron chi connectivity index (χ4n) is 2.24. The first kappa shape index (κ1) is 13.7. The zero-order valence-electron chi connectivity index (χ0n) is 12.0. The van der Waals surface area contributed by atoms with Gasteiger partial charge in [0.25, 0.3) is 0 Å². The third-order valence-electron chi connectivity index (χ3n) is 3.49. The molecule has 0 spiro atoms. The van der Waals surface area contributed by atoms with Gasteiger partial charge in [0.05, 0.1) is 5.69 Å². The van der Waals surface area contributed by atoms with Crippen LogP contribution in [0.2, 0.25) is 0 Å². The minimum atomic E-state index is 0.883. The molecule has 4 nitrogen and oxygen atoms in total. The van der Waals surface area contributed by atoms with Crippen LogP contribution < -0.4 is 5.32 Å². The number of aromatic nitrogens is 2. The van der Waals surface area contributed by atoms with Gasteiger partial charge in [-0.2, -0.15) is 5.10 Å². The molecule has 0 radical (unpaired) electrons. The first-order valence-electron chi connectivity index (χ1n) is 6.94. The fraction of sp³-hybridized carbons (Fsp3) is 0.467. The second kappa shape index (κ2) is 6.48. The number of hydrogen-bond donors (Lipinski definition) is 1. The molecule has 0 saturated carbocycles. The van der Waals surface area contributed by atoms with Gasteiger partial charge in [-0.15, -0.1) is 5.10 Å². The first-order valence-corrected chi connectivity index (χ1v) is 6.94. The van der Waals surface area contributed by atoms with Crippen molar-refractivity contribution in [2.45, 2.75) is 20.8 Å². The summed E-state index contributed by atoms with van der Waals surface area (Å²) in [5.41, 5.74) is 0.977. The monoisotopic (exact) mass is 258 g/mol. The normalized spacial score (nSPS) is 11.2. The molecule has 1 aromatic heterocycles. The van der Waals surface area contributed by atoms with Gasteiger partial charge >= 0.3 is 0 Å². The summed E-state index contributed by atoms with van der Waals surface area (Å²) in [6.45, 7) is 10.4. The molecule has 0 atom stereocenters. The molecule has 0 unspecified atom stereocenters. The van der Waals surface area contributed by atoms with Crippen LogP contribution in [0.25, 0.3) is 10.8 Å². The number of fused-ring (bicyclic) bond motifs is 1. The van der Waals surface area contributed by atoms with Crippen LogP contribution in [0.5, 0.6) is 0 Å². The first-order chi connectivity index (χ1) is 9.26. The summed E-state index contributed by atoms with van der Waals surface area (Å²) in [4.78, 5) is 2.39. The fourth-order valence-corrected chi connectivity index (χ4v) is 2.24. The summed E-state index contributed by atoms with van der Waals surface area (Å²) in [5, 5.41) is 14.2. The zero-order chi connectivity index (χ0) is 13.7.